The number of nitrogens with two attached hydrogens (primary N) is 1. The summed E-state index contributed by atoms with van der Waals surface area (Å²) in [5.41, 5.74) is 6.17. The van der Waals surface area contributed by atoms with E-state index < -0.39 is 17.7 Å². The van der Waals surface area contributed by atoms with E-state index in [1.54, 1.807) is 0 Å². The summed E-state index contributed by atoms with van der Waals surface area (Å²) in [6.45, 7) is 0.989. The van der Waals surface area contributed by atoms with Crippen molar-refractivity contribution in [1.82, 2.24) is 5.32 Å². The molecule has 0 amide bonds. The molecule has 1 fully saturated rings. The Kier molecular flexibility index (Phi) is 3.51. The molecule has 1 heterocycles. The summed E-state index contributed by atoms with van der Waals surface area (Å²) < 4.78 is 26.4. The van der Waals surface area contributed by atoms with Crippen molar-refractivity contribution in [3.63, 3.8) is 0 Å². The Morgan fingerprint density at radius 2 is 2.25 bits per heavy atom. The zero-order chi connectivity index (χ0) is 11.5. The molecule has 0 bridgehead atoms. The summed E-state index contributed by atoms with van der Waals surface area (Å²) in [5, 5.41) is 3.30. The molecule has 0 aromatic heterocycles. The van der Waals surface area contributed by atoms with Gasteiger partial charge in [-0.25, -0.2) is 8.78 Å². The summed E-state index contributed by atoms with van der Waals surface area (Å²) in [5.74, 6) is -0.863. The first-order valence-electron chi connectivity index (χ1n) is 5.60. The molecule has 2 atom stereocenters. The molecule has 2 unspecified atom stereocenters. The van der Waals surface area contributed by atoms with Crippen molar-refractivity contribution in [2.75, 3.05) is 6.54 Å². The Hall–Kier alpha value is -1.00. The number of hydrogen-bond acceptors (Lipinski definition) is 2. The SMILES string of the molecule is NC(CC1CCCN1)c1cc(F)ccc1F. The third-order valence-corrected chi connectivity index (χ3v) is 3.06. The van der Waals surface area contributed by atoms with Crippen molar-refractivity contribution < 1.29 is 8.78 Å². The lowest BCUT2D eigenvalue weighted by Gasteiger charge is -2.17. The highest BCUT2D eigenvalue weighted by Crippen LogP contribution is 2.23. The first-order valence-corrected chi connectivity index (χ1v) is 5.60. The lowest BCUT2D eigenvalue weighted by atomic mass is 9.99. The summed E-state index contributed by atoms with van der Waals surface area (Å²) in [6.07, 6.45) is 2.84. The van der Waals surface area contributed by atoms with Crippen molar-refractivity contribution in [1.29, 1.82) is 0 Å². The van der Waals surface area contributed by atoms with Crippen molar-refractivity contribution in [3.8, 4) is 0 Å². The minimum atomic E-state index is -0.439. The zero-order valence-corrected chi connectivity index (χ0v) is 9.05. The molecule has 0 aliphatic carbocycles. The van der Waals surface area contributed by atoms with Gasteiger partial charge in [0.15, 0.2) is 0 Å². The maximum absolute atomic E-state index is 13.4. The summed E-state index contributed by atoms with van der Waals surface area (Å²) in [7, 11) is 0. The van der Waals surface area contributed by atoms with Crippen LogP contribution in [0, 0.1) is 11.6 Å². The van der Waals surface area contributed by atoms with Crippen molar-refractivity contribution in [2.45, 2.75) is 31.3 Å². The second-order valence-electron chi connectivity index (χ2n) is 4.30. The number of hydrogen-bond donors (Lipinski definition) is 2. The Balaban J connectivity index is 2.07. The van der Waals surface area contributed by atoms with Crippen molar-refractivity contribution >= 4 is 0 Å². The third kappa shape index (κ3) is 2.57. The smallest absolute Gasteiger partial charge is 0.128 e. The van der Waals surface area contributed by atoms with E-state index in [1.165, 1.54) is 6.07 Å². The highest BCUT2D eigenvalue weighted by atomic mass is 19.1. The van der Waals surface area contributed by atoms with Gasteiger partial charge < -0.3 is 11.1 Å². The van der Waals surface area contributed by atoms with E-state index in [2.05, 4.69) is 5.32 Å². The third-order valence-electron chi connectivity index (χ3n) is 3.06. The van der Waals surface area contributed by atoms with Gasteiger partial charge in [-0.05, 0) is 44.0 Å². The molecule has 4 heteroatoms. The molecular formula is C12H16F2N2. The molecular weight excluding hydrogens is 210 g/mol. The van der Waals surface area contributed by atoms with Crippen LogP contribution in [0.2, 0.25) is 0 Å². The highest BCUT2D eigenvalue weighted by Gasteiger charge is 2.20. The van der Waals surface area contributed by atoms with E-state index in [4.69, 9.17) is 5.73 Å². The molecule has 1 aromatic rings. The van der Waals surface area contributed by atoms with Crippen LogP contribution in [0.5, 0.6) is 0 Å². The number of halogens is 2. The Labute approximate surface area is 93.8 Å². The predicted octanol–water partition coefficient (Wildman–Crippen LogP) is 2.11. The molecule has 16 heavy (non-hydrogen) atoms. The molecule has 0 spiro atoms. The number of nitrogens with one attached hydrogen (secondary N) is 1. The van der Waals surface area contributed by atoms with Crippen LogP contribution in [0.15, 0.2) is 18.2 Å². The second kappa shape index (κ2) is 4.89. The van der Waals surface area contributed by atoms with E-state index in [0.29, 0.717) is 12.5 Å². The summed E-state index contributed by atoms with van der Waals surface area (Å²) >= 11 is 0. The van der Waals surface area contributed by atoms with Crippen LogP contribution in [0.3, 0.4) is 0 Å². The van der Waals surface area contributed by atoms with Gasteiger partial charge in [0.25, 0.3) is 0 Å². The molecule has 1 aliphatic heterocycles. The largest absolute Gasteiger partial charge is 0.324 e. The Morgan fingerprint density at radius 1 is 1.44 bits per heavy atom. The van der Waals surface area contributed by atoms with Gasteiger partial charge in [-0.2, -0.15) is 0 Å². The Morgan fingerprint density at radius 3 is 2.94 bits per heavy atom. The maximum atomic E-state index is 13.4. The Bertz CT molecular complexity index is 362. The van der Waals surface area contributed by atoms with Gasteiger partial charge in [-0.3, -0.25) is 0 Å². The van der Waals surface area contributed by atoms with E-state index in [1.807, 2.05) is 0 Å². The lowest BCUT2D eigenvalue weighted by molar-refractivity contribution is 0.478. The molecule has 88 valence electrons. The molecule has 1 saturated heterocycles. The average molecular weight is 226 g/mol. The minimum Gasteiger partial charge on any atom is -0.324 e. The highest BCUT2D eigenvalue weighted by molar-refractivity contribution is 5.22. The van der Waals surface area contributed by atoms with Crippen molar-refractivity contribution in [3.05, 3.63) is 35.4 Å². The van der Waals surface area contributed by atoms with Gasteiger partial charge in [0.05, 0.1) is 0 Å². The molecule has 0 saturated carbocycles. The maximum Gasteiger partial charge on any atom is 0.128 e. The van der Waals surface area contributed by atoms with Gasteiger partial charge in [-0.15, -0.1) is 0 Å². The quantitative estimate of drug-likeness (QED) is 0.828. The normalized spacial score (nSPS) is 22.3. The number of rotatable bonds is 3. The van der Waals surface area contributed by atoms with Gasteiger partial charge >= 0.3 is 0 Å². The fraction of sp³-hybridized carbons (Fsp3) is 0.500. The average Bonchev–Trinajstić information content (AvgIpc) is 2.74. The standard InChI is InChI=1S/C12H16F2N2/c13-8-3-4-11(14)10(6-8)12(15)7-9-2-1-5-16-9/h3-4,6,9,12,16H,1-2,5,7,15H2. The first kappa shape index (κ1) is 11.5. The van der Waals surface area contributed by atoms with Gasteiger partial charge in [-0.1, -0.05) is 0 Å². The van der Waals surface area contributed by atoms with Crippen LogP contribution in [0.4, 0.5) is 8.78 Å². The molecule has 0 radical (unpaired) electrons. The van der Waals surface area contributed by atoms with E-state index in [-0.39, 0.29) is 5.56 Å². The van der Waals surface area contributed by atoms with Gasteiger partial charge in [0.1, 0.15) is 11.6 Å². The number of benzene rings is 1. The van der Waals surface area contributed by atoms with Crippen molar-refractivity contribution in [2.24, 2.45) is 5.73 Å². The second-order valence-corrected chi connectivity index (χ2v) is 4.30. The van der Waals surface area contributed by atoms with E-state index in [9.17, 15) is 8.78 Å². The van der Waals surface area contributed by atoms with Crippen LogP contribution >= 0.6 is 0 Å². The lowest BCUT2D eigenvalue weighted by Crippen LogP contribution is -2.27. The van der Waals surface area contributed by atoms with Crippen LogP contribution in [-0.4, -0.2) is 12.6 Å². The molecule has 1 aromatic carbocycles. The predicted molar refractivity (Wildman–Crippen MR) is 58.9 cm³/mol. The fourth-order valence-corrected chi connectivity index (χ4v) is 2.19. The van der Waals surface area contributed by atoms with E-state index in [0.717, 1.165) is 31.5 Å². The summed E-state index contributed by atoms with van der Waals surface area (Å²) in [4.78, 5) is 0. The topological polar surface area (TPSA) is 38.0 Å². The zero-order valence-electron chi connectivity index (χ0n) is 9.05. The molecule has 2 nitrogen and oxygen atoms in total. The minimum absolute atomic E-state index is 0.272. The monoisotopic (exact) mass is 226 g/mol. The van der Waals surface area contributed by atoms with Gasteiger partial charge in [0, 0.05) is 17.6 Å². The van der Waals surface area contributed by atoms with Crippen LogP contribution in [-0.2, 0) is 0 Å². The van der Waals surface area contributed by atoms with E-state index >= 15 is 0 Å². The van der Waals surface area contributed by atoms with Gasteiger partial charge in [0.2, 0.25) is 0 Å². The van der Waals surface area contributed by atoms with Crippen LogP contribution in [0.1, 0.15) is 30.9 Å². The first-order chi connectivity index (χ1) is 7.66. The molecule has 1 aliphatic rings. The van der Waals surface area contributed by atoms with Crippen LogP contribution < -0.4 is 11.1 Å². The molecule has 3 N–H and O–H groups in total. The fourth-order valence-electron chi connectivity index (χ4n) is 2.19. The molecule has 2 rings (SSSR count). The van der Waals surface area contributed by atoms with Crippen LogP contribution in [0.25, 0.3) is 0 Å². The summed E-state index contributed by atoms with van der Waals surface area (Å²) in [6, 6.07) is 3.32.